The topological polar surface area (TPSA) is 45.2 Å². The average Bonchev–Trinajstić information content (AvgIpc) is 2.97. The molecule has 2 saturated heterocycles. The molecule has 21 heavy (non-hydrogen) atoms. The second kappa shape index (κ2) is 5.11. The van der Waals surface area contributed by atoms with Crippen molar-refractivity contribution in [3.63, 3.8) is 0 Å². The Hall–Kier alpha value is -1.94. The molecule has 2 aromatic rings. The van der Waals surface area contributed by atoms with Crippen molar-refractivity contribution in [1.82, 2.24) is 15.2 Å². The number of pyridine rings is 1. The predicted molar refractivity (Wildman–Crippen MR) is 82.2 cm³/mol. The number of rotatable bonds is 1. The number of carbonyl (C=O) groups is 1. The predicted octanol–water partition coefficient (Wildman–Crippen LogP) is 2.06. The lowest BCUT2D eigenvalue weighted by Crippen LogP contribution is -2.41. The molecule has 1 aromatic heterocycles. The van der Waals surface area contributed by atoms with Crippen molar-refractivity contribution in [1.29, 1.82) is 0 Å². The molecule has 4 rings (SSSR count). The molecule has 0 radical (unpaired) electrons. The fourth-order valence-electron chi connectivity index (χ4n) is 3.60. The first-order valence-electron chi connectivity index (χ1n) is 7.69. The number of hydrogen-bond donors (Lipinski definition) is 1. The van der Waals surface area contributed by atoms with E-state index in [0.29, 0.717) is 12.0 Å². The van der Waals surface area contributed by atoms with Crippen molar-refractivity contribution in [2.45, 2.75) is 18.9 Å². The highest BCUT2D eigenvalue weighted by Gasteiger charge is 2.36. The van der Waals surface area contributed by atoms with Gasteiger partial charge in [0, 0.05) is 36.3 Å². The Morgan fingerprint density at radius 2 is 2.24 bits per heavy atom. The monoisotopic (exact) mass is 281 g/mol. The third-order valence-electron chi connectivity index (χ3n) is 4.74. The van der Waals surface area contributed by atoms with Crippen LogP contribution >= 0.6 is 0 Å². The third kappa shape index (κ3) is 2.29. The third-order valence-corrected chi connectivity index (χ3v) is 4.74. The molecule has 0 saturated carbocycles. The van der Waals surface area contributed by atoms with E-state index in [-0.39, 0.29) is 5.91 Å². The molecule has 3 heterocycles. The zero-order valence-electron chi connectivity index (χ0n) is 12.0. The lowest BCUT2D eigenvalue weighted by atomic mass is 9.94. The average molecular weight is 281 g/mol. The van der Waals surface area contributed by atoms with Gasteiger partial charge in [0.15, 0.2) is 0 Å². The van der Waals surface area contributed by atoms with E-state index in [9.17, 15) is 4.79 Å². The van der Waals surface area contributed by atoms with E-state index < -0.39 is 0 Å². The summed E-state index contributed by atoms with van der Waals surface area (Å²) in [5.74, 6) is 0.779. The molecule has 108 valence electrons. The summed E-state index contributed by atoms with van der Waals surface area (Å²) in [5, 5.41) is 4.57. The number of carbonyl (C=O) groups excluding carboxylic acids is 1. The van der Waals surface area contributed by atoms with Gasteiger partial charge in [0.2, 0.25) is 0 Å². The largest absolute Gasteiger partial charge is 0.337 e. The minimum absolute atomic E-state index is 0.150. The molecule has 2 aliphatic heterocycles. The molecule has 1 aromatic carbocycles. The molecule has 0 aliphatic carbocycles. The van der Waals surface area contributed by atoms with E-state index in [1.165, 1.54) is 12.8 Å². The minimum Gasteiger partial charge on any atom is -0.337 e. The van der Waals surface area contributed by atoms with E-state index in [1.807, 2.05) is 35.2 Å². The Kier molecular flexibility index (Phi) is 3.11. The highest BCUT2D eigenvalue weighted by molar-refractivity contribution is 5.98. The van der Waals surface area contributed by atoms with Crippen LogP contribution in [0.1, 0.15) is 23.2 Å². The highest BCUT2D eigenvalue weighted by atomic mass is 16.2. The summed E-state index contributed by atoms with van der Waals surface area (Å²) in [6, 6.07) is 10.2. The van der Waals surface area contributed by atoms with Crippen molar-refractivity contribution in [3.8, 4) is 0 Å². The second-order valence-electron chi connectivity index (χ2n) is 6.08. The zero-order chi connectivity index (χ0) is 14.2. The summed E-state index contributed by atoms with van der Waals surface area (Å²) in [4.78, 5) is 19.0. The lowest BCUT2D eigenvalue weighted by Gasteiger charge is -2.24. The number of hydrogen-bond acceptors (Lipinski definition) is 3. The van der Waals surface area contributed by atoms with Crippen molar-refractivity contribution >= 4 is 16.8 Å². The van der Waals surface area contributed by atoms with E-state index in [2.05, 4.69) is 10.3 Å². The highest BCUT2D eigenvalue weighted by Crippen LogP contribution is 2.26. The number of benzene rings is 1. The molecule has 2 aliphatic rings. The summed E-state index contributed by atoms with van der Waals surface area (Å²) in [7, 11) is 0. The van der Waals surface area contributed by atoms with Crippen molar-refractivity contribution in [2.24, 2.45) is 5.92 Å². The second-order valence-corrected chi connectivity index (χ2v) is 6.08. The molecule has 1 N–H and O–H groups in total. The quantitative estimate of drug-likeness (QED) is 0.870. The molecule has 2 atom stereocenters. The molecule has 0 unspecified atom stereocenters. The van der Waals surface area contributed by atoms with E-state index >= 15 is 0 Å². The fourth-order valence-corrected chi connectivity index (χ4v) is 3.60. The first kappa shape index (κ1) is 12.8. The Morgan fingerprint density at radius 3 is 3.14 bits per heavy atom. The van der Waals surface area contributed by atoms with E-state index in [0.717, 1.165) is 36.1 Å². The van der Waals surface area contributed by atoms with Crippen molar-refractivity contribution < 1.29 is 4.79 Å². The number of piperidine rings is 1. The van der Waals surface area contributed by atoms with Crippen LogP contribution in [0, 0.1) is 5.92 Å². The van der Waals surface area contributed by atoms with Crippen molar-refractivity contribution in [2.75, 3.05) is 19.6 Å². The fraction of sp³-hybridized carbons (Fsp3) is 0.412. The number of likely N-dealkylation sites (tertiary alicyclic amines) is 1. The molecule has 0 spiro atoms. The first-order chi connectivity index (χ1) is 10.3. The Balaban J connectivity index is 1.58. The van der Waals surface area contributed by atoms with Gasteiger partial charge in [-0.15, -0.1) is 0 Å². The van der Waals surface area contributed by atoms with Gasteiger partial charge in [0.25, 0.3) is 5.91 Å². The zero-order valence-corrected chi connectivity index (χ0v) is 12.0. The van der Waals surface area contributed by atoms with Crippen LogP contribution in [-0.2, 0) is 0 Å². The van der Waals surface area contributed by atoms with Gasteiger partial charge in [-0.05, 0) is 49.6 Å². The number of amides is 1. The van der Waals surface area contributed by atoms with Crippen LogP contribution in [0.2, 0.25) is 0 Å². The standard InChI is InChI=1S/C17H19N3O/c21-17(20-10-14-4-2-8-19-16(14)11-20)13-5-6-15-12(9-13)3-1-7-18-15/h1,3,5-7,9,14,16,19H,2,4,8,10-11H2/t14-,16+/m0/s1. The number of nitrogens with one attached hydrogen (secondary N) is 1. The van der Waals surface area contributed by atoms with Gasteiger partial charge >= 0.3 is 0 Å². The van der Waals surface area contributed by atoms with Gasteiger partial charge in [-0.3, -0.25) is 9.78 Å². The molecule has 4 heteroatoms. The molecule has 1 amide bonds. The molecular weight excluding hydrogens is 262 g/mol. The maximum atomic E-state index is 12.7. The number of aromatic nitrogens is 1. The Labute approximate surface area is 124 Å². The van der Waals surface area contributed by atoms with Gasteiger partial charge in [-0.25, -0.2) is 0 Å². The van der Waals surface area contributed by atoms with Gasteiger partial charge in [0.05, 0.1) is 5.52 Å². The molecule has 0 bridgehead atoms. The van der Waals surface area contributed by atoms with Crippen LogP contribution in [0.25, 0.3) is 10.9 Å². The van der Waals surface area contributed by atoms with Crippen LogP contribution in [0.15, 0.2) is 36.5 Å². The minimum atomic E-state index is 0.150. The summed E-state index contributed by atoms with van der Waals surface area (Å²) in [6.07, 6.45) is 4.24. The first-order valence-corrected chi connectivity index (χ1v) is 7.69. The normalized spacial score (nSPS) is 25.0. The van der Waals surface area contributed by atoms with Crippen LogP contribution in [0.4, 0.5) is 0 Å². The van der Waals surface area contributed by atoms with E-state index in [1.54, 1.807) is 6.20 Å². The van der Waals surface area contributed by atoms with Crippen LogP contribution < -0.4 is 5.32 Å². The number of nitrogens with zero attached hydrogens (tertiary/aromatic N) is 2. The van der Waals surface area contributed by atoms with E-state index in [4.69, 9.17) is 0 Å². The van der Waals surface area contributed by atoms with Crippen molar-refractivity contribution in [3.05, 3.63) is 42.1 Å². The van der Waals surface area contributed by atoms with Crippen LogP contribution in [-0.4, -0.2) is 41.5 Å². The maximum absolute atomic E-state index is 12.7. The summed E-state index contributed by atoms with van der Waals surface area (Å²) in [6.45, 7) is 2.82. The molecule has 2 fully saturated rings. The maximum Gasteiger partial charge on any atom is 0.253 e. The summed E-state index contributed by atoms with van der Waals surface area (Å²) < 4.78 is 0. The Bertz CT molecular complexity index is 671. The summed E-state index contributed by atoms with van der Waals surface area (Å²) in [5.41, 5.74) is 1.71. The number of fused-ring (bicyclic) bond motifs is 2. The van der Waals surface area contributed by atoms with Gasteiger partial charge in [-0.2, -0.15) is 0 Å². The van der Waals surface area contributed by atoms with Crippen LogP contribution in [0.5, 0.6) is 0 Å². The van der Waals surface area contributed by atoms with Gasteiger partial charge in [0.1, 0.15) is 0 Å². The Morgan fingerprint density at radius 1 is 1.29 bits per heavy atom. The molecular formula is C17H19N3O. The van der Waals surface area contributed by atoms with Gasteiger partial charge < -0.3 is 10.2 Å². The van der Waals surface area contributed by atoms with Gasteiger partial charge in [-0.1, -0.05) is 6.07 Å². The molecule has 4 nitrogen and oxygen atoms in total. The van der Waals surface area contributed by atoms with Crippen LogP contribution in [0.3, 0.4) is 0 Å². The SMILES string of the molecule is O=C(c1ccc2ncccc2c1)N1C[C@@H]2CCCN[C@@H]2C1. The lowest BCUT2D eigenvalue weighted by molar-refractivity contribution is 0.0786. The smallest absolute Gasteiger partial charge is 0.253 e. The summed E-state index contributed by atoms with van der Waals surface area (Å²) >= 11 is 0.